The molecule has 0 fully saturated rings. The summed E-state index contributed by atoms with van der Waals surface area (Å²) < 4.78 is 20.6. The van der Waals surface area contributed by atoms with Crippen molar-refractivity contribution in [2.45, 2.75) is 0 Å². The van der Waals surface area contributed by atoms with E-state index < -0.39 is 10.7 Å². The molecule has 0 aliphatic heterocycles. The molecule has 8 heteroatoms. The maximum Gasteiger partial charge on any atom is 0.272 e. The maximum atomic E-state index is 14.2. The summed E-state index contributed by atoms with van der Waals surface area (Å²) in [5, 5.41) is 10.7. The number of thiophene rings is 1. The fourth-order valence-electron chi connectivity index (χ4n) is 2.67. The largest absolute Gasteiger partial charge is 0.453 e. The molecule has 0 radical (unpaired) electrons. The van der Waals surface area contributed by atoms with Crippen LogP contribution in [0.5, 0.6) is 11.5 Å². The molecule has 28 heavy (non-hydrogen) atoms. The van der Waals surface area contributed by atoms with E-state index in [4.69, 9.17) is 4.74 Å². The van der Waals surface area contributed by atoms with Crippen molar-refractivity contribution >= 4 is 33.5 Å². The average Bonchev–Trinajstić information content (AvgIpc) is 3.14. The number of halogens is 1. The van der Waals surface area contributed by atoms with Gasteiger partial charge in [-0.15, -0.1) is 11.3 Å². The third-order valence-corrected chi connectivity index (χ3v) is 5.24. The number of ether oxygens (including phenoxy) is 1. The molecule has 0 saturated heterocycles. The van der Waals surface area contributed by atoms with Gasteiger partial charge < -0.3 is 4.74 Å². The van der Waals surface area contributed by atoms with E-state index in [0.717, 1.165) is 27.5 Å². The third kappa shape index (κ3) is 3.33. The molecule has 0 saturated carbocycles. The van der Waals surface area contributed by atoms with Crippen molar-refractivity contribution in [3.05, 3.63) is 82.3 Å². The Kier molecular flexibility index (Phi) is 4.54. The molecule has 0 bridgehead atoms. The highest BCUT2D eigenvalue weighted by Gasteiger charge is 2.15. The lowest BCUT2D eigenvalue weighted by molar-refractivity contribution is -0.385. The number of nitro benzene ring substituents is 1. The van der Waals surface area contributed by atoms with Crippen LogP contribution < -0.4 is 4.74 Å². The monoisotopic (exact) mass is 394 g/mol. The fraction of sp³-hybridized carbons (Fsp3) is 0. The van der Waals surface area contributed by atoms with Gasteiger partial charge in [0.2, 0.25) is 0 Å². The van der Waals surface area contributed by atoms with Crippen LogP contribution in [0.15, 0.2) is 60.8 Å². The second kappa shape index (κ2) is 7.16. The van der Waals surface area contributed by atoms with Crippen LogP contribution in [0.1, 0.15) is 10.4 Å². The topological polar surface area (TPSA) is 82.3 Å². The number of benzene rings is 2. The van der Waals surface area contributed by atoms with Crippen LogP contribution in [0.2, 0.25) is 0 Å². The van der Waals surface area contributed by atoms with Gasteiger partial charge in [-0.05, 0) is 17.7 Å². The molecule has 2 aromatic heterocycles. The number of non-ortho nitro benzene ring substituents is 1. The molecule has 138 valence electrons. The zero-order valence-corrected chi connectivity index (χ0v) is 15.0. The summed E-state index contributed by atoms with van der Waals surface area (Å²) in [6.45, 7) is 0. The lowest BCUT2D eigenvalue weighted by atomic mass is 10.1. The van der Waals surface area contributed by atoms with Gasteiger partial charge in [-0.2, -0.15) is 0 Å². The van der Waals surface area contributed by atoms with Gasteiger partial charge in [0.05, 0.1) is 21.2 Å². The van der Waals surface area contributed by atoms with Gasteiger partial charge in [-0.1, -0.05) is 24.3 Å². The number of nitrogens with zero attached hydrogens (tertiary/aromatic N) is 2. The summed E-state index contributed by atoms with van der Waals surface area (Å²) in [5.41, 5.74) is 1.84. The van der Waals surface area contributed by atoms with Gasteiger partial charge in [0, 0.05) is 28.8 Å². The number of rotatable bonds is 5. The first-order valence-corrected chi connectivity index (χ1v) is 8.93. The van der Waals surface area contributed by atoms with E-state index in [9.17, 15) is 19.3 Å². The van der Waals surface area contributed by atoms with E-state index in [1.165, 1.54) is 23.5 Å². The fourth-order valence-corrected chi connectivity index (χ4v) is 3.74. The summed E-state index contributed by atoms with van der Waals surface area (Å²) in [7, 11) is 0. The van der Waals surface area contributed by atoms with Crippen molar-refractivity contribution in [2.24, 2.45) is 0 Å². The molecule has 0 atom stereocenters. The Balaban J connectivity index is 1.71. The summed E-state index contributed by atoms with van der Waals surface area (Å²) in [4.78, 5) is 26.1. The van der Waals surface area contributed by atoms with Crippen molar-refractivity contribution in [2.75, 3.05) is 0 Å². The zero-order valence-electron chi connectivity index (χ0n) is 14.2. The number of carbonyl (C=O) groups excluding carboxylic acids is 1. The van der Waals surface area contributed by atoms with Gasteiger partial charge in [-0.25, -0.2) is 4.39 Å². The Morgan fingerprint density at radius 2 is 1.86 bits per heavy atom. The first-order chi connectivity index (χ1) is 13.5. The summed E-state index contributed by atoms with van der Waals surface area (Å²) in [6, 6.07) is 13.9. The van der Waals surface area contributed by atoms with Crippen LogP contribution in [0.25, 0.3) is 20.7 Å². The lowest BCUT2D eigenvalue weighted by Crippen LogP contribution is -1.92. The molecule has 0 aliphatic rings. The van der Waals surface area contributed by atoms with Crippen LogP contribution in [0.4, 0.5) is 10.1 Å². The number of carbonyl (C=O) groups is 1. The van der Waals surface area contributed by atoms with Gasteiger partial charge in [0.15, 0.2) is 11.6 Å². The quantitative estimate of drug-likeness (QED) is 0.249. The minimum atomic E-state index is -0.819. The Labute approximate surface area is 162 Å². The standard InChI is InChI=1S/C20H11FN2O4S/c21-15-9-14(23(25)26)5-6-17(15)27-18-7-8-22-16-10-19(28-20(16)18)13-3-1-12(11-24)2-4-13/h1-11H. The number of hydrogen-bond donors (Lipinski definition) is 0. The second-order valence-electron chi connectivity index (χ2n) is 5.85. The predicted molar refractivity (Wildman–Crippen MR) is 104 cm³/mol. The molecule has 0 spiro atoms. The molecule has 6 nitrogen and oxygen atoms in total. The smallest absolute Gasteiger partial charge is 0.272 e. The number of aromatic nitrogens is 1. The van der Waals surface area contributed by atoms with Crippen molar-refractivity contribution in [3.63, 3.8) is 0 Å². The summed E-state index contributed by atoms with van der Waals surface area (Å²) in [5.74, 6) is -0.526. The Morgan fingerprint density at radius 1 is 1.07 bits per heavy atom. The molecule has 4 aromatic rings. The van der Waals surface area contributed by atoms with Crippen molar-refractivity contribution in [3.8, 4) is 21.9 Å². The first kappa shape index (κ1) is 17.7. The highest BCUT2D eigenvalue weighted by atomic mass is 32.1. The molecule has 0 unspecified atom stereocenters. The van der Waals surface area contributed by atoms with E-state index in [2.05, 4.69) is 4.98 Å². The van der Waals surface area contributed by atoms with E-state index in [1.807, 2.05) is 18.2 Å². The molecule has 2 heterocycles. The Morgan fingerprint density at radius 3 is 2.54 bits per heavy atom. The van der Waals surface area contributed by atoms with Crippen LogP contribution in [0, 0.1) is 15.9 Å². The van der Waals surface area contributed by atoms with E-state index in [0.29, 0.717) is 16.8 Å². The SMILES string of the molecule is O=Cc1ccc(-c2cc3nccc(Oc4ccc([N+](=O)[O-])cc4F)c3s2)cc1. The summed E-state index contributed by atoms with van der Waals surface area (Å²) >= 11 is 1.42. The molecular weight excluding hydrogens is 383 g/mol. The number of hydrogen-bond acceptors (Lipinski definition) is 6. The second-order valence-corrected chi connectivity index (χ2v) is 6.90. The number of nitro groups is 1. The number of pyridine rings is 1. The van der Waals surface area contributed by atoms with Crippen molar-refractivity contribution < 1.29 is 18.8 Å². The van der Waals surface area contributed by atoms with Crippen LogP contribution in [-0.4, -0.2) is 16.2 Å². The van der Waals surface area contributed by atoms with E-state index in [-0.39, 0.29) is 11.4 Å². The van der Waals surface area contributed by atoms with E-state index in [1.54, 1.807) is 24.4 Å². The number of fused-ring (bicyclic) bond motifs is 1. The van der Waals surface area contributed by atoms with Crippen molar-refractivity contribution in [1.29, 1.82) is 0 Å². The highest BCUT2D eigenvalue weighted by molar-refractivity contribution is 7.22. The summed E-state index contributed by atoms with van der Waals surface area (Å²) in [6.07, 6.45) is 2.33. The van der Waals surface area contributed by atoms with Gasteiger partial charge in [0.25, 0.3) is 5.69 Å². The zero-order chi connectivity index (χ0) is 19.7. The van der Waals surface area contributed by atoms with Crippen LogP contribution >= 0.6 is 11.3 Å². The molecule has 0 amide bonds. The predicted octanol–water partition coefficient (Wildman–Crippen LogP) is 5.62. The van der Waals surface area contributed by atoms with Crippen LogP contribution in [0.3, 0.4) is 0 Å². The number of aldehydes is 1. The van der Waals surface area contributed by atoms with Crippen LogP contribution in [-0.2, 0) is 0 Å². The van der Waals surface area contributed by atoms with Gasteiger partial charge in [0.1, 0.15) is 12.0 Å². The molecule has 0 N–H and O–H groups in total. The minimum Gasteiger partial charge on any atom is -0.453 e. The van der Waals surface area contributed by atoms with Gasteiger partial charge in [-0.3, -0.25) is 19.9 Å². The highest BCUT2D eigenvalue weighted by Crippen LogP contribution is 2.39. The Hall–Kier alpha value is -3.65. The maximum absolute atomic E-state index is 14.2. The van der Waals surface area contributed by atoms with Crippen molar-refractivity contribution in [1.82, 2.24) is 4.98 Å². The first-order valence-electron chi connectivity index (χ1n) is 8.11. The molecule has 4 rings (SSSR count). The lowest BCUT2D eigenvalue weighted by Gasteiger charge is -2.07. The molecule has 0 aliphatic carbocycles. The third-order valence-electron chi connectivity index (χ3n) is 4.05. The normalized spacial score (nSPS) is 10.8. The van der Waals surface area contributed by atoms with Gasteiger partial charge >= 0.3 is 0 Å². The molecule has 2 aromatic carbocycles. The Bertz CT molecular complexity index is 1200. The average molecular weight is 394 g/mol. The van der Waals surface area contributed by atoms with E-state index >= 15 is 0 Å². The minimum absolute atomic E-state index is 0.108. The molecular formula is C20H11FN2O4S.